The second-order valence-electron chi connectivity index (χ2n) is 6.18. The summed E-state index contributed by atoms with van der Waals surface area (Å²) in [6.07, 6.45) is 3.92. The molecule has 0 bridgehead atoms. The zero-order valence-corrected chi connectivity index (χ0v) is 14.3. The van der Waals surface area contributed by atoms with Crippen molar-refractivity contribution in [2.75, 3.05) is 12.0 Å². The van der Waals surface area contributed by atoms with Crippen LogP contribution in [0, 0.1) is 0 Å². The molecule has 1 atom stereocenters. The number of carbonyl (C=O) groups excluding carboxylic acids is 1. The van der Waals surface area contributed by atoms with Crippen molar-refractivity contribution in [2.24, 2.45) is 0 Å². The number of aryl methyl sites for hydroxylation is 1. The number of carbonyl (C=O) groups is 1. The van der Waals surface area contributed by atoms with Gasteiger partial charge in [-0.2, -0.15) is 0 Å². The molecule has 6 heteroatoms. The van der Waals surface area contributed by atoms with Crippen LogP contribution < -0.4 is 11.1 Å². The molecule has 0 saturated carbocycles. The molecule has 1 unspecified atom stereocenters. The van der Waals surface area contributed by atoms with Crippen molar-refractivity contribution in [1.82, 2.24) is 5.32 Å². The largest absolute Gasteiger partial charge is 0.399 e. The number of nitrogens with one attached hydrogen (secondary N) is 1. The average Bonchev–Trinajstić information content (AvgIpc) is 2.54. The molecule has 0 aromatic heterocycles. The first-order valence-electron chi connectivity index (χ1n) is 7.84. The Hall–Kier alpha value is -2.34. The third-order valence-electron chi connectivity index (χ3n) is 4.31. The van der Waals surface area contributed by atoms with E-state index in [1.54, 1.807) is 12.1 Å². The van der Waals surface area contributed by atoms with Crippen molar-refractivity contribution >= 4 is 21.4 Å². The number of fused-ring (bicyclic) bond motifs is 1. The molecule has 0 aliphatic heterocycles. The van der Waals surface area contributed by atoms with Crippen LogP contribution in [0.3, 0.4) is 0 Å². The van der Waals surface area contributed by atoms with Crippen LogP contribution in [0.15, 0.2) is 47.4 Å². The highest BCUT2D eigenvalue weighted by molar-refractivity contribution is 7.90. The molecule has 0 saturated heterocycles. The van der Waals surface area contributed by atoms with Gasteiger partial charge in [-0.15, -0.1) is 0 Å². The van der Waals surface area contributed by atoms with E-state index in [-0.39, 0.29) is 16.8 Å². The molecular formula is C18H20N2O3S. The summed E-state index contributed by atoms with van der Waals surface area (Å²) >= 11 is 0. The maximum Gasteiger partial charge on any atom is 0.251 e. The van der Waals surface area contributed by atoms with E-state index in [1.807, 2.05) is 18.2 Å². The van der Waals surface area contributed by atoms with Gasteiger partial charge in [-0.3, -0.25) is 4.79 Å². The van der Waals surface area contributed by atoms with E-state index < -0.39 is 9.84 Å². The topological polar surface area (TPSA) is 89.3 Å². The molecule has 0 heterocycles. The lowest BCUT2D eigenvalue weighted by Crippen LogP contribution is -2.31. The third-order valence-corrected chi connectivity index (χ3v) is 5.42. The molecule has 3 rings (SSSR count). The van der Waals surface area contributed by atoms with Gasteiger partial charge in [0, 0.05) is 17.5 Å². The summed E-state index contributed by atoms with van der Waals surface area (Å²) in [4.78, 5) is 12.7. The number of hydrogen-bond acceptors (Lipinski definition) is 4. The maximum atomic E-state index is 12.5. The first kappa shape index (κ1) is 16.5. The van der Waals surface area contributed by atoms with Crippen LogP contribution in [-0.4, -0.2) is 20.6 Å². The fraction of sp³-hybridized carbons (Fsp3) is 0.278. The molecule has 2 aromatic rings. The lowest BCUT2D eigenvalue weighted by Gasteiger charge is -2.26. The Kier molecular flexibility index (Phi) is 4.32. The van der Waals surface area contributed by atoms with E-state index in [0.29, 0.717) is 5.56 Å². The van der Waals surface area contributed by atoms with Crippen molar-refractivity contribution in [3.63, 3.8) is 0 Å². The number of hydrogen-bond donors (Lipinski definition) is 2. The molecule has 1 amide bonds. The highest BCUT2D eigenvalue weighted by Crippen LogP contribution is 2.31. The van der Waals surface area contributed by atoms with Gasteiger partial charge in [0.05, 0.1) is 10.9 Å². The summed E-state index contributed by atoms with van der Waals surface area (Å²) in [5.74, 6) is -0.268. The van der Waals surface area contributed by atoms with E-state index in [4.69, 9.17) is 5.73 Å². The summed E-state index contributed by atoms with van der Waals surface area (Å²) in [6, 6.07) is 11.8. The van der Waals surface area contributed by atoms with Crippen LogP contribution in [0.5, 0.6) is 0 Å². The molecule has 1 aliphatic carbocycles. The molecule has 0 spiro atoms. The number of benzene rings is 2. The fourth-order valence-corrected chi connectivity index (χ4v) is 3.76. The van der Waals surface area contributed by atoms with Gasteiger partial charge in [-0.1, -0.05) is 12.1 Å². The van der Waals surface area contributed by atoms with Crippen molar-refractivity contribution in [2.45, 2.75) is 30.2 Å². The van der Waals surface area contributed by atoms with E-state index >= 15 is 0 Å². The van der Waals surface area contributed by atoms with Crippen LogP contribution in [0.25, 0.3) is 0 Å². The highest BCUT2D eigenvalue weighted by atomic mass is 32.2. The monoisotopic (exact) mass is 344 g/mol. The number of nitrogens with two attached hydrogens (primary N) is 1. The minimum atomic E-state index is -3.34. The number of amides is 1. The zero-order valence-electron chi connectivity index (χ0n) is 13.5. The Morgan fingerprint density at radius 1 is 1.21 bits per heavy atom. The first-order chi connectivity index (χ1) is 11.3. The van der Waals surface area contributed by atoms with Crippen LogP contribution in [0.2, 0.25) is 0 Å². The summed E-state index contributed by atoms with van der Waals surface area (Å²) in [6.45, 7) is 0. The van der Waals surface area contributed by atoms with E-state index in [9.17, 15) is 13.2 Å². The highest BCUT2D eigenvalue weighted by Gasteiger charge is 2.22. The van der Waals surface area contributed by atoms with E-state index in [2.05, 4.69) is 5.32 Å². The molecular weight excluding hydrogens is 324 g/mol. The van der Waals surface area contributed by atoms with Gasteiger partial charge < -0.3 is 11.1 Å². The van der Waals surface area contributed by atoms with Gasteiger partial charge in [-0.05, 0) is 60.7 Å². The summed E-state index contributed by atoms with van der Waals surface area (Å²) in [5, 5.41) is 3.01. The van der Waals surface area contributed by atoms with E-state index in [1.165, 1.54) is 12.1 Å². The number of nitrogen functional groups attached to an aromatic ring is 1. The van der Waals surface area contributed by atoms with Gasteiger partial charge in [-0.25, -0.2) is 8.42 Å². The molecule has 0 radical (unpaired) electrons. The summed E-state index contributed by atoms with van der Waals surface area (Å²) < 4.78 is 23.3. The Bertz CT molecular complexity index is 891. The average molecular weight is 344 g/mol. The van der Waals surface area contributed by atoms with Gasteiger partial charge in [0.2, 0.25) is 0 Å². The lowest BCUT2D eigenvalue weighted by molar-refractivity contribution is 0.0932. The molecule has 126 valence electrons. The van der Waals surface area contributed by atoms with E-state index in [0.717, 1.165) is 42.3 Å². The van der Waals surface area contributed by atoms with Crippen molar-refractivity contribution < 1.29 is 13.2 Å². The molecule has 0 fully saturated rings. The summed E-state index contributed by atoms with van der Waals surface area (Å²) in [5.41, 5.74) is 9.15. The number of sulfone groups is 1. The van der Waals surface area contributed by atoms with Crippen molar-refractivity contribution in [3.8, 4) is 0 Å². The molecule has 5 nitrogen and oxygen atoms in total. The van der Waals surface area contributed by atoms with Gasteiger partial charge in [0.15, 0.2) is 9.84 Å². The quantitative estimate of drug-likeness (QED) is 0.837. The predicted octanol–water partition coefficient (Wildman–Crippen LogP) is 2.48. The number of rotatable bonds is 3. The minimum Gasteiger partial charge on any atom is -0.399 e. The van der Waals surface area contributed by atoms with Gasteiger partial charge in [0.25, 0.3) is 5.91 Å². The lowest BCUT2D eigenvalue weighted by atomic mass is 9.87. The first-order valence-corrected chi connectivity index (χ1v) is 9.73. The molecule has 2 aromatic carbocycles. The second-order valence-corrected chi connectivity index (χ2v) is 8.19. The third kappa shape index (κ3) is 3.43. The van der Waals surface area contributed by atoms with Crippen LogP contribution in [0.1, 0.15) is 40.4 Å². The number of anilines is 1. The van der Waals surface area contributed by atoms with Crippen molar-refractivity contribution in [1.29, 1.82) is 0 Å². The minimum absolute atomic E-state index is 0.0799. The smallest absolute Gasteiger partial charge is 0.251 e. The van der Waals surface area contributed by atoms with Crippen LogP contribution in [0.4, 0.5) is 5.69 Å². The maximum absolute atomic E-state index is 12.5. The SMILES string of the molecule is CS(=O)(=O)c1cccc(C(=O)NC2CCCc3cc(N)ccc32)c1. The molecule has 24 heavy (non-hydrogen) atoms. The fourth-order valence-electron chi connectivity index (χ4n) is 3.09. The Labute approximate surface area is 141 Å². The van der Waals surface area contributed by atoms with Crippen LogP contribution >= 0.6 is 0 Å². The Morgan fingerprint density at radius 3 is 2.75 bits per heavy atom. The van der Waals surface area contributed by atoms with Crippen LogP contribution in [-0.2, 0) is 16.3 Å². The van der Waals surface area contributed by atoms with Crippen molar-refractivity contribution in [3.05, 3.63) is 59.2 Å². The van der Waals surface area contributed by atoms with Gasteiger partial charge >= 0.3 is 0 Å². The summed E-state index contributed by atoms with van der Waals surface area (Å²) in [7, 11) is -3.34. The molecule has 1 aliphatic rings. The predicted molar refractivity (Wildman–Crippen MR) is 93.6 cm³/mol. The normalized spacial score (nSPS) is 17.1. The zero-order chi connectivity index (χ0) is 17.3. The standard InChI is InChI=1S/C18H20N2O3S/c1-24(22,23)15-6-2-5-13(11-15)18(21)20-17-7-3-4-12-10-14(19)8-9-16(12)17/h2,5-6,8-11,17H,3-4,7,19H2,1H3,(H,20,21). The Balaban J connectivity index is 1.84. The molecule has 3 N–H and O–H groups in total. The Morgan fingerprint density at radius 2 is 2.00 bits per heavy atom. The van der Waals surface area contributed by atoms with Gasteiger partial charge in [0.1, 0.15) is 0 Å². The second kappa shape index (κ2) is 6.28.